The molecular weight excluding hydrogens is 142 g/mol. The van der Waals surface area contributed by atoms with Crippen LogP contribution in [0.2, 0.25) is 0 Å². The summed E-state index contributed by atoms with van der Waals surface area (Å²) in [5.41, 5.74) is 0.697. The van der Waals surface area contributed by atoms with E-state index in [2.05, 4.69) is 5.32 Å². The summed E-state index contributed by atoms with van der Waals surface area (Å²) < 4.78 is 5.15. The molecule has 1 aliphatic heterocycles. The average Bonchev–Trinajstić information content (AvgIpc) is 2.40. The van der Waals surface area contributed by atoms with Gasteiger partial charge in [0.25, 0.3) is 5.91 Å². The van der Waals surface area contributed by atoms with Gasteiger partial charge in [0.05, 0.1) is 11.8 Å². The first-order valence-electron chi connectivity index (χ1n) is 3.72. The molecule has 1 aromatic rings. The number of furan rings is 1. The van der Waals surface area contributed by atoms with Crippen molar-refractivity contribution in [1.82, 2.24) is 5.32 Å². The lowest BCUT2D eigenvalue weighted by atomic mass is 10.2. The number of carbonyl (C=O) groups excluding carboxylic acids is 1. The Morgan fingerprint density at radius 2 is 2.45 bits per heavy atom. The van der Waals surface area contributed by atoms with Crippen molar-refractivity contribution in [3.63, 3.8) is 0 Å². The highest BCUT2D eigenvalue weighted by molar-refractivity contribution is 5.95. The molecule has 0 fully saturated rings. The van der Waals surface area contributed by atoms with Crippen molar-refractivity contribution in [3.8, 4) is 0 Å². The van der Waals surface area contributed by atoms with Crippen molar-refractivity contribution >= 4 is 5.91 Å². The maximum absolute atomic E-state index is 11.2. The summed E-state index contributed by atoms with van der Waals surface area (Å²) in [7, 11) is 0. The van der Waals surface area contributed by atoms with Gasteiger partial charge in [-0.1, -0.05) is 0 Å². The van der Waals surface area contributed by atoms with Crippen LogP contribution in [0.25, 0.3) is 0 Å². The second kappa shape index (κ2) is 2.42. The molecule has 0 saturated heterocycles. The molecule has 0 bridgehead atoms. The third-order valence-corrected chi connectivity index (χ3v) is 1.86. The van der Waals surface area contributed by atoms with Gasteiger partial charge in [-0.25, -0.2) is 0 Å². The molecule has 2 rings (SSSR count). The number of nitrogens with one attached hydrogen (secondary N) is 1. The van der Waals surface area contributed by atoms with E-state index < -0.39 is 0 Å². The Hall–Kier alpha value is -1.25. The Kier molecular flexibility index (Phi) is 1.42. The molecule has 1 amide bonds. The van der Waals surface area contributed by atoms with Crippen molar-refractivity contribution in [3.05, 3.63) is 23.7 Å². The number of fused-ring (bicyclic) bond motifs is 1. The van der Waals surface area contributed by atoms with E-state index in [1.807, 2.05) is 0 Å². The zero-order valence-corrected chi connectivity index (χ0v) is 6.09. The lowest BCUT2D eigenvalue weighted by Crippen LogP contribution is -2.22. The Balaban J connectivity index is 2.41. The van der Waals surface area contributed by atoms with E-state index in [4.69, 9.17) is 4.42 Å². The van der Waals surface area contributed by atoms with Gasteiger partial charge in [0.1, 0.15) is 5.76 Å². The lowest BCUT2D eigenvalue weighted by Gasteiger charge is -1.95. The number of aryl methyl sites for hydroxylation is 1. The number of hydrogen-bond acceptors (Lipinski definition) is 2. The molecule has 1 aliphatic rings. The van der Waals surface area contributed by atoms with Gasteiger partial charge in [-0.3, -0.25) is 4.79 Å². The van der Waals surface area contributed by atoms with Gasteiger partial charge >= 0.3 is 0 Å². The highest BCUT2D eigenvalue weighted by atomic mass is 16.3. The third kappa shape index (κ3) is 1.02. The van der Waals surface area contributed by atoms with Crippen LogP contribution in [-0.2, 0) is 6.42 Å². The van der Waals surface area contributed by atoms with Crippen LogP contribution >= 0.6 is 0 Å². The van der Waals surface area contributed by atoms with Gasteiger partial charge < -0.3 is 9.73 Å². The quantitative estimate of drug-likeness (QED) is 0.600. The Bertz CT molecular complexity index is 277. The summed E-state index contributed by atoms with van der Waals surface area (Å²) in [4.78, 5) is 11.2. The maximum atomic E-state index is 11.2. The molecule has 0 aliphatic carbocycles. The first-order chi connectivity index (χ1) is 5.38. The minimum atomic E-state index is -0.00810. The van der Waals surface area contributed by atoms with Gasteiger partial charge in [-0.05, 0) is 12.5 Å². The number of rotatable bonds is 0. The van der Waals surface area contributed by atoms with Crippen LogP contribution in [0.15, 0.2) is 16.7 Å². The predicted molar refractivity (Wildman–Crippen MR) is 39.4 cm³/mol. The van der Waals surface area contributed by atoms with Crippen LogP contribution in [0.4, 0.5) is 0 Å². The molecule has 0 saturated carbocycles. The van der Waals surface area contributed by atoms with Crippen molar-refractivity contribution in [2.24, 2.45) is 0 Å². The van der Waals surface area contributed by atoms with Crippen molar-refractivity contribution < 1.29 is 9.21 Å². The van der Waals surface area contributed by atoms with Crippen LogP contribution in [-0.4, -0.2) is 12.5 Å². The Morgan fingerprint density at radius 1 is 1.55 bits per heavy atom. The zero-order chi connectivity index (χ0) is 7.68. The van der Waals surface area contributed by atoms with E-state index in [1.54, 1.807) is 12.3 Å². The number of carbonyl (C=O) groups is 1. The van der Waals surface area contributed by atoms with E-state index in [1.165, 1.54) is 0 Å². The molecule has 0 aromatic carbocycles. The highest BCUT2D eigenvalue weighted by Crippen LogP contribution is 2.14. The summed E-state index contributed by atoms with van der Waals surface area (Å²) in [5.74, 6) is 0.811. The smallest absolute Gasteiger partial charge is 0.254 e. The molecule has 0 atom stereocenters. The molecule has 3 nitrogen and oxygen atoms in total. The number of amides is 1. The van der Waals surface area contributed by atoms with Gasteiger partial charge in [0.2, 0.25) is 0 Å². The molecular formula is C8H9NO2. The highest BCUT2D eigenvalue weighted by Gasteiger charge is 2.16. The van der Waals surface area contributed by atoms with E-state index in [9.17, 15) is 4.79 Å². The SMILES string of the molecule is O=C1NCCCc2occc21. The fourth-order valence-electron chi connectivity index (χ4n) is 1.28. The molecule has 1 aromatic heterocycles. The molecule has 0 unspecified atom stereocenters. The van der Waals surface area contributed by atoms with Gasteiger partial charge in [-0.15, -0.1) is 0 Å². The fraction of sp³-hybridized carbons (Fsp3) is 0.375. The van der Waals surface area contributed by atoms with Gasteiger partial charge in [0, 0.05) is 13.0 Å². The Morgan fingerprint density at radius 3 is 3.36 bits per heavy atom. The first-order valence-corrected chi connectivity index (χ1v) is 3.72. The van der Waals surface area contributed by atoms with Crippen molar-refractivity contribution in [2.45, 2.75) is 12.8 Å². The molecule has 11 heavy (non-hydrogen) atoms. The largest absolute Gasteiger partial charge is 0.469 e. The maximum Gasteiger partial charge on any atom is 0.254 e. The molecule has 58 valence electrons. The van der Waals surface area contributed by atoms with Crippen molar-refractivity contribution in [1.29, 1.82) is 0 Å². The standard InChI is InChI=1S/C8H9NO2/c10-8-6-3-5-11-7(6)2-1-4-9-8/h3,5H,1-2,4H2,(H,9,10). The summed E-state index contributed by atoms with van der Waals surface area (Å²) in [6, 6.07) is 1.72. The third-order valence-electron chi connectivity index (χ3n) is 1.86. The first kappa shape index (κ1) is 6.46. The van der Waals surface area contributed by atoms with Crippen LogP contribution < -0.4 is 5.32 Å². The summed E-state index contributed by atoms with van der Waals surface area (Å²) >= 11 is 0. The Labute approximate surface area is 64.4 Å². The minimum Gasteiger partial charge on any atom is -0.469 e. The van der Waals surface area contributed by atoms with E-state index >= 15 is 0 Å². The van der Waals surface area contributed by atoms with Crippen LogP contribution in [0.1, 0.15) is 22.5 Å². The topological polar surface area (TPSA) is 42.2 Å². The van der Waals surface area contributed by atoms with Crippen LogP contribution in [0.5, 0.6) is 0 Å². The summed E-state index contributed by atoms with van der Waals surface area (Å²) in [6.45, 7) is 0.753. The molecule has 0 radical (unpaired) electrons. The minimum absolute atomic E-state index is 0.00810. The zero-order valence-electron chi connectivity index (χ0n) is 6.09. The number of hydrogen-bond donors (Lipinski definition) is 1. The predicted octanol–water partition coefficient (Wildman–Crippen LogP) is 0.956. The molecule has 3 heteroatoms. The second-order valence-electron chi connectivity index (χ2n) is 2.62. The normalized spacial score (nSPS) is 16.9. The summed E-state index contributed by atoms with van der Waals surface area (Å²) in [5, 5.41) is 2.79. The molecule has 2 heterocycles. The molecule has 0 spiro atoms. The van der Waals surface area contributed by atoms with Gasteiger partial charge in [0.15, 0.2) is 0 Å². The average molecular weight is 151 g/mol. The molecule has 1 N–H and O–H groups in total. The van der Waals surface area contributed by atoms with Crippen molar-refractivity contribution in [2.75, 3.05) is 6.54 Å². The fourth-order valence-corrected chi connectivity index (χ4v) is 1.28. The van der Waals surface area contributed by atoms with E-state index in [0.717, 1.165) is 25.1 Å². The van der Waals surface area contributed by atoms with E-state index in [0.29, 0.717) is 5.56 Å². The van der Waals surface area contributed by atoms with Gasteiger partial charge in [-0.2, -0.15) is 0 Å². The van der Waals surface area contributed by atoms with Crippen LogP contribution in [0, 0.1) is 0 Å². The lowest BCUT2D eigenvalue weighted by molar-refractivity contribution is 0.0955. The van der Waals surface area contributed by atoms with Crippen LogP contribution in [0.3, 0.4) is 0 Å². The monoisotopic (exact) mass is 151 g/mol. The van der Waals surface area contributed by atoms with E-state index in [-0.39, 0.29) is 5.91 Å². The summed E-state index contributed by atoms with van der Waals surface area (Å²) in [6.07, 6.45) is 3.39. The second-order valence-corrected chi connectivity index (χ2v) is 2.62.